The number of anilines is 1. The number of rotatable bonds is 8. The molecule has 4 aromatic rings. The van der Waals surface area contributed by atoms with E-state index >= 15 is 0 Å². The molecule has 1 unspecified atom stereocenters. The zero-order valence-electron chi connectivity index (χ0n) is 20.7. The van der Waals surface area contributed by atoms with E-state index in [-0.39, 0.29) is 12.5 Å². The molecule has 2 N–H and O–H groups in total. The molecule has 1 aliphatic heterocycles. The van der Waals surface area contributed by atoms with Crippen LogP contribution in [0.15, 0.2) is 65.8 Å². The fourth-order valence-corrected chi connectivity index (χ4v) is 6.15. The Morgan fingerprint density at radius 3 is 2.41 bits per heavy atom. The summed E-state index contributed by atoms with van der Waals surface area (Å²) >= 11 is 3.01. The molecule has 0 radical (unpaired) electrons. The van der Waals surface area contributed by atoms with Crippen molar-refractivity contribution < 1.29 is 15.0 Å². The fourth-order valence-electron chi connectivity index (χ4n) is 4.38. The van der Waals surface area contributed by atoms with Gasteiger partial charge in [-0.3, -0.25) is 4.79 Å². The number of thioether (sulfide) groups is 1. The van der Waals surface area contributed by atoms with Crippen LogP contribution in [0.3, 0.4) is 0 Å². The van der Waals surface area contributed by atoms with Crippen LogP contribution in [-0.4, -0.2) is 75.6 Å². The maximum absolute atomic E-state index is 13.2. The molecule has 0 saturated carbocycles. The lowest BCUT2D eigenvalue weighted by atomic mass is 10.0. The first-order valence-electron chi connectivity index (χ1n) is 12.5. The van der Waals surface area contributed by atoms with Crippen LogP contribution in [0.25, 0.3) is 21.3 Å². The van der Waals surface area contributed by atoms with Crippen molar-refractivity contribution in [2.24, 2.45) is 0 Å². The van der Waals surface area contributed by atoms with E-state index in [1.807, 2.05) is 47.4 Å². The Bertz CT molecular complexity index is 1350. The van der Waals surface area contributed by atoms with Crippen LogP contribution in [-0.2, 0) is 6.42 Å². The third-order valence-corrected chi connectivity index (χ3v) is 8.64. The first-order valence-corrected chi connectivity index (χ1v) is 14.3. The Hall–Kier alpha value is -2.98. The van der Waals surface area contributed by atoms with Crippen molar-refractivity contribution in [3.05, 3.63) is 71.1 Å². The highest BCUT2D eigenvalue weighted by molar-refractivity contribution is 7.99. The van der Waals surface area contributed by atoms with Crippen molar-refractivity contribution in [3.63, 3.8) is 0 Å². The molecule has 1 saturated heterocycles. The van der Waals surface area contributed by atoms with Crippen molar-refractivity contribution in [2.75, 3.05) is 43.4 Å². The standard InChI is InChI=1S/C28H30N4O3S2/c1-2-23-16-24-25(29-28(30-26(24)37-23)36-18-22(34)17-33)31-12-14-32(15-13-31)27(35)21-10-8-20(9-11-21)19-6-4-3-5-7-19/h3-11,16,22,33-34H,2,12-15,17-18H2,1H3. The number of thiophene rings is 1. The number of fused-ring (bicyclic) bond motifs is 1. The normalized spacial score (nSPS) is 14.8. The van der Waals surface area contributed by atoms with Crippen LogP contribution < -0.4 is 4.90 Å². The Labute approximate surface area is 224 Å². The van der Waals surface area contributed by atoms with Gasteiger partial charge in [0.2, 0.25) is 0 Å². The Morgan fingerprint density at radius 2 is 1.73 bits per heavy atom. The number of benzene rings is 2. The van der Waals surface area contributed by atoms with E-state index in [1.54, 1.807) is 11.3 Å². The van der Waals surface area contributed by atoms with Crippen LogP contribution in [0.2, 0.25) is 0 Å². The Morgan fingerprint density at radius 1 is 1.03 bits per heavy atom. The second-order valence-electron chi connectivity index (χ2n) is 8.98. The molecule has 0 bridgehead atoms. The predicted octanol–water partition coefficient (Wildman–Crippen LogP) is 4.33. The van der Waals surface area contributed by atoms with E-state index in [9.17, 15) is 9.90 Å². The van der Waals surface area contributed by atoms with Gasteiger partial charge in [0.15, 0.2) is 5.16 Å². The predicted molar refractivity (Wildman–Crippen MR) is 151 cm³/mol. The highest BCUT2D eigenvalue weighted by Gasteiger charge is 2.25. The summed E-state index contributed by atoms with van der Waals surface area (Å²) < 4.78 is 0. The zero-order chi connectivity index (χ0) is 25.8. The van der Waals surface area contributed by atoms with Gasteiger partial charge in [0.25, 0.3) is 5.91 Å². The molecule has 3 heterocycles. The van der Waals surface area contributed by atoms with Gasteiger partial charge in [-0.15, -0.1) is 11.3 Å². The molecule has 7 nitrogen and oxygen atoms in total. The molecule has 0 spiro atoms. The molecule has 37 heavy (non-hydrogen) atoms. The first-order chi connectivity index (χ1) is 18.1. The summed E-state index contributed by atoms with van der Waals surface area (Å²) in [7, 11) is 0. The van der Waals surface area contributed by atoms with Gasteiger partial charge >= 0.3 is 0 Å². The monoisotopic (exact) mass is 534 g/mol. The summed E-state index contributed by atoms with van der Waals surface area (Å²) in [5, 5.41) is 20.5. The van der Waals surface area contributed by atoms with Gasteiger partial charge in [0, 0.05) is 42.4 Å². The fraction of sp³-hybridized carbons (Fsp3) is 0.321. The molecule has 1 atom stereocenters. The quantitative estimate of drug-likeness (QED) is 0.257. The van der Waals surface area contributed by atoms with Crippen LogP contribution in [0, 0.1) is 0 Å². The number of aryl methyl sites for hydroxylation is 1. The van der Waals surface area contributed by atoms with Gasteiger partial charge in [0.05, 0.1) is 18.1 Å². The van der Waals surface area contributed by atoms with Crippen molar-refractivity contribution in [1.82, 2.24) is 14.9 Å². The molecule has 1 aliphatic rings. The number of carbonyl (C=O) groups is 1. The Balaban J connectivity index is 1.29. The highest BCUT2D eigenvalue weighted by Crippen LogP contribution is 2.34. The number of carbonyl (C=O) groups excluding carboxylic acids is 1. The maximum atomic E-state index is 13.2. The lowest BCUT2D eigenvalue weighted by molar-refractivity contribution is 0.0746. The van der Waals surface area contributed by atoms with Crippen LogP contribution in [0.1, 0.15) is 22.2 Å². The van der Waals surface area contributed by atoms with E-state index in [4.69, 9.17) is 15.1 Å². The third kappa shape index (κ3) is 5.80. The van der Waals surface area contributed by atoms with Gasteiger partial charge in [-0.25, -0.2) is 9.97 Å². The first kappa shape index (κ1) is 25.7. The molecule has 1 fully saturated rings. The van der Waals surface area contributed by atoms with Crippen molar-refractivity contribution in [1.29, 1.82) is 0 Å². The smallest absolute Gasteiger partial charge is 0.253 e. The molecule has 2 aromatic carbocycles. The average Bonchev–Trinajstić information content (AvgIpc) is 3.39. The number of aliphatic hydroxyl groups is 2. The van der Waals surface area contributed by atoms with E-state index in [0.29, 0.717) is 42.7 Å². The highest BCUT2D eigenvalue weighted by atomic mass is 32.2. The summed E-state index contributed by atoms with van der Waals surface area (Å²) in [5.74, 6) is 1.25. The molecule has 5 rings (SSSR count). The van der Waals surface area contributed by atoms with Crippen LogP contribution in [0.4, 0.5) is 5.82 Å². The lowest BCUT2D eigenvalue weighted by Crippen LogP contribution is -2.49. The maximum Gasteiger partial charge on any atom is 0.253 e. The van der Waals surface area contributed by atoms with E-state index in [0.717, 1.165) is 33.6 Å². The van der Waals surface area contributed by atoms with Gasteiger partial charge < -0.3 is 20.0 Å². The molecule has 0 aliphatic carbocycles. The molecular formula is C28H30N4O3S2. The summed E-state index contributed by atoms with van der Waals surface area (Å²) in [6.45, 7) is 4.43. The van der Waals surface area contributed by atoms with E-state index < -0.39 is 6.10 Å². The average molecular weight is 535 g/mol. The lowest BCUT2D eigenvalue weighted by Gasteiger charge is -2.35. The van der Waals surface area contributed by atoms with Crippen LogP contribution >= 0.6 is 23.1 Å². The number of piperazine rings is 1. The summed E-state index contributed by atoms with van der Waals surface area (Å²) in [4.78, 5) is 29.1. The zero-order valence-corrected chi connectivity index (χ0v) is 22.3. The van der Waals surface area contributed by atoms with Gasteiger partial charge in [-0.1, -0.05) is 61.2 Å². The number of amides is 1. The van der Waals surface area contributed by atoms with Crippen molar-refractivity contribution in [2.45, 2.75) is 24.6 Å². The number of hydrogen-bond donors (Lipinski definition) is 2. The third-order valence-electron chi connectivity index (χ3n) is 6.47. The van der Waals surface area contributed by atoms with E-state index in [2.05, 4.69) is 30.0 Å². The minimum atomic E-state index is -0.807. The SMILES string of the molecule is CCc1cc2c(N3CCN(C(=O)c4ccc(-c5ccccc5)cc4)CC3)nc(SCC(O)CO)nc2s1. The van der Waals surface area contributed by atoms with Gasteiger partial charge in [0.1, 0.15) is 10.6 Å². The largest absolute Gasteiger partial charge is 0.394 e. The molecular weight excluding hydrogens is 504 g/mol. The van der Waals surface area contributed by atoms with E-state index in [1.165, 1.54) is 16.6 Å². The van der Waals surface area contributed by atoms with Gasteiger partial charge in [-0.2, -0.15) is 0 Å². The number of aromatic nitrogens is 2. The topological polar surface area (TPSA) is 89.8 Å². The minimum Gasteiger partial charge on any atom is -0.394 e. The summed E-state index contributed by atoms with van der Waals surface area (Å²) in [5.41, 5.74) is 2.93. The number of hydrogen-bond acceptors (Lipinski definition) is 8. The van der Waals surface area contributed by atoms with Crippen LogP contribution in [0.5, 0.6) is 0 Å². The van der Waals surface area contributed by atoms with Gasteiger partial charge in [-0.05, 0) is 35.7 Å². The Kier molecular flexibility index (Phi) is 8.05. The molecule has 9 heteroatoms. The van der Waals surface area contributed by atoms with Crippen molar-refractivity contribution in [3.8, 4) is 11.1 Å². The number of nitrogens with zero attached hydrogens (tertiary/aromatic N) is 4. The van der Waals surface area contributed by atoms with Crippen molar-refractivity contribution >= 4 is 45.0 Å². The molecule has 192 valence electrons. The summed E-state index contributed by atoms with van der Waals surface area (Å²) in [6.07, 6.45) is 0.121. The molecule has 1 amide bonds. The number of aliphatic hydroxyl groups excluding tert-OH is 2. The second kappa shape index (κ2) is 11.6. The summed E-state index contributed by atoms with van der Waals surface area (Å²) in [6, 6.07) is 20.1. The second-order valence-corrected chi connectivity index (χ2v) is 11.1. The minimum absolute atomic E-state index is 0.0464. The molecule has 2 aromatic heterocycles.